The number of rotatable bonds is 16. The van der Waals surface area contributed by atoms with Crippen LogP contribution in [0.1, 0.15) is 117 Å². The lowest BCUT2D eigenvalue weighted by Crippen LogP contribution is -2.50. The van der Waals surface area contributed by atoms with Gasteiger partial charge < -0.3 is 26.5 Å². The van der Waals surface area contributed by atoms with Crippen molar-refractivity contribution in [2.24, 2.45) is 0 Å². The van der Waals surface area contributed by atoms with Crippen LogP contribution in [0.25, 0.3) is 0 Å². The zero-order chi connectivity index (χ0) is 20.3. The van der Waals surface area contributed by atoms with Crippen molar-refractivity contribution in [2.45, 2.75) is 117 Å². The van der Waals surface area contributed by atoms with E-state index >= 15 is 0 Å². The zero-order valence-electron chi connectivity index (χ0n) is 17.9. The van der Waals surface area contributed by atoms with Crippen molar-refractivity contribution < 1.29 is 26.5 Å². The van der Waals surface area contributed by atoms with Gasteiger partial charge in [-0.1, -0.05) is 90.9 Å². The highest BCUT2D eigenvalue weighted by Crippen LogP contribution is 2.08. The quantitative estimate of drug-likeness (QED) is 0.402. The Morgan fingerprint density at radius 1 is 0.538 bits per heavy atom. The first-order valence-electron chi connectivity index (χ1n) is 11.0. The van der Waals surface area contributed by atoms with Crippen LogP contribution in [0.3, 0.4) is 0 Å². The summed E-state index contributed by atoms with van der Waals surface area (Å²) in [7, 11) is 0. The van der Waals surface area contributed by atoms with E-state index in [4.69, 9.17) is 15.0 Å². The van der Waals surface area contributed by atoms with Crippen molar-refractivity contribution in [3.8, 4) is 0 Å². The molecule has 0 saturated carbocycles. The summed E-state index contributed by atoms with van der Waals surface area (Å²) in [6.45, 7) is 6.77. The van der Waals surface area contributed by atoms with Crippen molar-refractivity contribution in [1.82, 2.24) is 0 Å². The molecule has 0 bridgehead atoms. The lowest BCUT2D eigenvalue weighted by Gasteiger charge is -1.98. The van der Waals surface area contributed by atoms with Crippen LogP contribution >= 0.6 is 0 Å². The second kappa shape index (κ2) is 31.9. The molecule has 0 heterocycles. The molecule has 160 valence electrons. The molecule has 5 heteroatoms. The van der Waals surface area contributed by atoms with Crippen LogP contribution < -0.4 is 21.7 Å². The topological polar surface area (TPSA) is 118 Å². The van der Waals surface area contributed by atoms with E-state index in [0.717, 1.165) is 13.1 Å². The van der Waals surface area contributed by atoms with Crippen LogP contribution in [0.2, 0.25) is 0 Å². The van der Waals surface area contributed by atoms with Gasteiger partial charge in [0, 0.05) is 0 Å². The molecule has 0 aromatic heterocycles. The van der Waals surface area contributed by atoms with Crippen molar-refractivity contribution in [1.29, 1.82) is 0 Å². The van der Waals surface area contributed by atoms with Crippen LogP contribution in [-0.2, 0) is 0 Å². The van der Waals surface area contributed by atoms with E-state index in [2.05, 4.69) is 25.3 Å². The highest BCUT2D eigenvalue weighted by Gasteiger charge is 1.90. The minimum Gasteiger partial charge on any atom is -0.652 e. The van der Waals surface area contributed by atoms with Gasteiger partial charge in [-0.25, -0.2) is 0 Å². The number of hydrogen-bond donors (Lipinski definition) is 2. The van der Waals surface area contributed by atoms with E-state index in [0.29, 0.717) is 0 Å². The molecular weight excluding hydrogens is 328 g/mol. The van der Waals surface area contributed by atoms with E-state index < -0.39 is 6.16 Å². The number of hydrogen-bond acceptors (Lipinski definition) is 3. The Labute approximate surface area is 162 Å². The van der Waals surface area contributed by atoms with Crippen LogP contribution in [0.4, 0.5) is 4.79 Å². The summed E-state index contributed by atoms with van der Waals surface area (Å²) < 4.78 is 0. The lowest BCUT2D eigenvalue weighted by atomic mass is 10.1. The number of carbonyl (C=O) groups is 1. The molecular formula is C21H48N2O3. The number of carbonyl (C=O) groups excluding carboxylic acids is 1. The van der Waals surface area contributed by atoms with Gasteiger partial charge in [-0.15, -0.1) is 0 Å². The summed E-state index contributed by atoms with van der Waals surface area (Å²) in [4.78, 5) is 8.33. The smallest absolute Gasteiger partial charge is 0.0739 e. The molecule has 0 unspecified atom stereocenters. The van der Waals surface area contributed by atoms with Gasteiger partial charge in [0.25, 0.3) is 0 Å². The summed E-state index contributed by atoms with van der Waals surface area (Å²) in [5, 5.41) is 16.7. The third-order valence-corrected chi connectivity index (χ3v) is 4.21. The fourth-order valence-electron chi connectivity index (χ4n) is 2.62. The lowest BCUT2D eigenvalue weighted by molar-refractivity contribution is -0.415. The Bertz CT molecular complexity index is 201. The molecule has 0 aromatic rings. The molecule has 0 atom stereocenters. The average molecular weight is 377 g/mol. The van der Waals surface area contributed by atoms with E-state index in [9.17, 15) is 0 Å². The second-order valence-electron chi connectivity index (χ2n) is 6.91. The SMILES string of the molecule is CCCCCCCCCC[NH3+].CCCCCCCCCC[NH3+].O=C([O-])[O-]. The Kier molecular flexibility index (Phi) is 36.7. The van der Waals surface area contributed by atoms with Crippen LogP contribution in [0, 0.1) is 0 Å². The summed E-state index contributed by atoms with van der Waals surface area (Å²) >= 11 is 0. The fourth-order valence-corrected chi connectivity index (χ4v) is 2.62. The molecule has 0 amide bonds. The molecule has 0 fully saturated rings. The molecule has 0 saturated heterocycles. The van der Waals surface area contributed by atoms with Gasteiger partial charge in [-0.2, -0.15) is 0 Å². The number of carboxylic acid groups (broad SMARTS) is 2. The third kappa shape index (κ3) is 49.5. The molecule has 6 N–H and O–H groups in total. The first-order valence-corrected chi connectivity index (χ1v) is 11.0. The average Bonchev–Trinajstić information content (AvgIpc) is 2.60. The largest absolute Gasteiger partial charge is 0.652 e. The Balaban J connectivity index is -0.000000338. The summed E-state index contributed by atoms with van der Waals surface area (Å²) in [6, 6.07) is 0. The van der Waals surface area contributed by atoms with Gasteiger partial charge in [-0.3, -0.25) is 0 Å². The van der Waals surface area contributed by atoms with Crippen LogP contribution in [0.5, 0.6) is 0 Å². The summed E-state index contributed by atoms with van der Waals surface area (Å²) in [5.41, 5.74) is 7.67. The number of quaternary nitrogens is 2. The summed E-state index contributed by atoms with van der Waals surface area (Å²) in [6.07, 6.45) is 20.2. The van der Waals surface area contributed by atoms with Crippen molar-refractivity contribution in [3.63, 3.8) is 0 Å². The Hall–Kier alpha value is -0.810. The Morgan fingerprint density at radius 2 is 0.731 bits per heavy atom. The van der Waals surface area contributed by atoms with Gasteiger partial charge in [-0.05, 0) is 31.8 Å². The predicted octanol–water partition coefficient (Wildman–Crippen LogP) is 2.29. The van der Waals surface area contributed by atoms with Gasteiger partial charge in [0.05, 0.1) is 13.1 Å². The molecule has 0 aromatic carbocycles. The standard InChI is InChI=1S/2C10H23N.CH2O3/c2*1-2-3-4-5-6-7-8-9-10-11;2-1(3)4/h2*2-11H2,1H3;(H2,2,3,4). The molecule has 0 aliphatic rings. The molecule has 26 heavy (non-hydrogen) atoms. The van der Waals surface area contributed by atoms with E-state index in [1.165, 1.54) is 103 Å². The fraction of sp³-hybridized carbons (Fsp3) is 0.952. The van der Waals surface area contributed by atoms with E-state index in [1.807, 2.05) is 0 Å². The van der Waals surface area contributed by atoms with Crippen LogP contribution in [-0.4, -0.2) is 19.2 Å². The van der Waals surface area contributed by atoms with E-state index in [-0.39, 0.29) is 0 Å². The molecule has 0 radical (unpaired) electrons. The van der Waals surface area contributed by atoms with Gasteiger partial charge in [0.1, 0.15) is 0 Å². The predicted molar refractivity (Wildman–Crippen MR) is 106 cm³/mol. The first kappa shape index (κ1) is 29.9. The normalized spacial score (nSPS) is 9.69. The number of unbranched alkanes of at least 4 members (excludes halogenated alkanes) is 14. The summed E-state index contributed by atoms with van der Waals surface area (Å²) in [5.74, 6) is 0. The van der Waals surface area contributed by atoms with Gasteiger partial charge in [0.15, 0.2) is 0 Å². The maximum atomic E-state index is 8.33. The molecule has 0 rings (SSSR count). The van der Waals surface area contributed by atoms with Crippen molar-refractivity contribution in [2.75, 3.05) is 13.1 Å². The molecule has 0 aliphatic heterocycles. The maximum absolute atomic E-state index is 8.33. The maximum Gasteiger partial charge on any atom is 0.0739 e. The zero-order valence-corrected chi connectivity index (χ0v) is 17.9. The minimum atomic E-state index is -2.33. The van der Waals surface area contributed by atoms with Gasteiger partial charge >= 0.3 is 0 Å². The van der Waals surface area contributed by atoms with Gasteiger partial charge in [0.2, 0.25) is 0 Å². The van der Waals surface area contributed by atoms with Crippen LogP contribution in [0.15, 0.2) is 0 Å². The second-order valence-corrected chi connectivity index (χ2v) is 6.91. The monoisotopic (exact) mass is 376 g/mol. The minimum absolute atomic E-state index is 1.12. The van der Waals surface area contributed by atoms with Crippen molar-refractivity contribution in [3.05, 3.63) is 0 Å². The first-order chi connectivity index (χ1) is 12.6. The van der Waals surface area contributed by atoms with Crippen molar-refractivity contribution >= 4 is 6.16 Å². The molecule has 0 spiro atoms. The molecule has 0 aliphatic carbocycles. The highest BCUT2D eigenvalue weighted by molar-refractivity contribution is 5.47. The molecule has 5 nitrogen and oxygen atoms in total. The third-order valence-electron chi connectivity index (χ3n) is 4.21. The van der Waals surface area contributed by atoms with E-state index in [1.54, 1.807) is 0 Å². The highest BCUT2D eigenvalue weighted by atomic mass is 16.6. The Morgan fingerprint density at radius 3 is 0.923 bits per heavy atom.